The van der Waals surface area contributed by atoms with E-state index in [1.165, 1.54) is 12.1 Å². The van der Waals surface area contributed by atoms with E-state index in [0.29, 0.717) is 29.2 Å². The molecule has 1 fully saturated rings. The van der Waals surface area contributed by atoms with Gasteiger partial charge >= 0.3 is 0 Å². The van der Waals surface area contributed by atoms with Crippen LogP contribution >= 0.6 is 11.6 Å². The first-order valence-corrected chi connectivity index (χ1v) is 16.0. The van der Waals surface area contributed by atoms with Crippen LogP contribution in [-0.2, 0) is 4.79 Å². The number of amidine groups is 1. The number of carbonyl (C=O) groups excluding carboxylic acids is 2. The van der Waals surface area contributed by atoms with Gasteiger partial charge < -0.3 is 21.5 Å². The highest BCUT2D eigenvalue weighted by molar-refractivity contribution is 6.47. The van der Waals surface area contributed by atoms with Gasteiger partial charge in [0.25, 0.3) is 11.8 Å². The number of nitrogens with zero attached hydrogens (tertiary/aromatic N) is 3. The fourth-order valence-electron chi connectivity index (χ4n) is 6.45. The Morgan fingerprint density at radius 3 is 2.31 bits per heavy atom. The number of nitrogens with one attached hydrogen (secondary N) is 2. The Bertz CT molecular complexity index is 1450. The molecule has 1 atom stereocenters. The number of hydrogen-bond acceptors (Lipinski definition) is 6. The van der Waals surface area contributed by atoms with Gasteiger partial charge in [-0.25, -0.2) is 10.2 Å². The van der Waals surface area contributed by atoms with Crippen molar-refractivity contribution in [3.63, 3.8) is 0 Å². The molecule has 2 aromatic rings. The molecular weight excluding hydrogens is 593 g/mol. The van der Waals surface area contributed by atoms with E-state index in [1.54, 1.807) is 18.2 Å². The Morgan fingerprint density at radius 2 is 1.78 bits per heavy atom. The normalized spacial score (nSPS) is 21.6. The molecule has 0 saturated heterocycles. The van der Waals surface area contributed by atoms with Crippen molar-refractivity contribution >= 4 is 35.0 Å². The van der Waals surface area contributed by atoms with E-state index in [2.05, 4.69) is 57.4 Å². The van der Waals surface area contributed by atoms with Crippen LogP contribution in [0.4, 0.5) is 4.39 Å². The first kappa shape index (κ1) is 34.4. The number of halogens is 2. The minimum Gasteiger partial charge on any atom is -0.345 e. The summed E-state index contributed by atoms with van der Waals surface area (Å²) in [6.45, 7) is 13.4. The molecule has 1 heterocycles. The summed E-state index contributed by atoms with van der Waals surface area (Å²) in [7, 11) is 0. The number of rotatable bonds is 8. The lowest BCUT2D eigenvalue weighted by Gasteiger charge is -2.47. The molecule has 9 nitrogen and oxygen atoms in total. The molecule has 6 N–H and O–H groups in total. The molecule has 4 rings (SSSR count). The van der Waals surface area contributed by atoms with E-state index in [-0.39, 0.29) is 46.1 Å². The number of nitrogens with two attached hydrogens (primary N) is 2. The van der Waals surface area contributed by atoms with Crippen LogP contribution in [0.3, 0.4) is 0 Å². The second kappa shape index (κ2) is 13.5. The molecule has 45 heavy (non-hydrogen) atoms. The first-order valence-electron chi connectivity index (χ1n) is 15.6. The molecule has 2 aliphatic rings. The van der Waals surface area contributed by atoms with Crippen LogP contribution in [0.5, 0.6) is 0 Å². The number of benzene rings is 2. The van der Waals surface area contributed by atoms with Gasteiger partial charge in [0.1, 0.15) is 17.2 Å². The molecule has 1 aliphatic heterocycles. The van der Waals surface area contributed by atoms with Crippen molar-refractivity contribution < 1.29 is 14.0 Å². The lowest BCUT2D eigenvalue weighted by atomic mass is 9.69. The topological polar surface area (TPSA) is 138 Å². The molecule has 1 aliphatic carbocycles. The molecule has 1 unspecified atom stereocenters. The average molecular weight is 640 g/mol. The van der Waals surface area contributed by atoms with E-state index in [1.807, 2.05) is 17.0 Å². The van der Waals surface area contributed by atoms with Crippen LogP contribution in [0, 0.1) is 22.6 Å². The summed E-state index contributed by atoms with van der Waals surface area (Å²) in [4.78, 5) is 34.6. The Morgan fingerprint density at radius 1 is 1.13 bits per heavy atom. The largest absolute Gasteiger partial charge is 0.345 e. The Balaban J connectivity index is 1.74. The number of hydrazine groups is 1. The lowest BCUT2D eigenvalue weighted by molar-refractivity contribution is -0.134. The third-order valence-electron chi connectivity index (χ3n) is 9.17. The highest BCUT2D eigenvalue weighted by Crippen LogP contribution is 2.50. The summed E-state index contributed by atoms with van der Waals surface area (Å²) < 4.78 is 14.1. The van der Waals surface area contributed by atoms with Gasteiger partial charge in [0.15, 0.2) is 5.84 Å². The minimum atomic E-state index is -0.735. The Kier molecular flexibility index (Phi) is 10.3. The summed E-state index contributed by atoms with van der Waals surface area (Å²) in [5.41, 5.74) is 3.97. The first-order chi connectivity index (χ1) is 21.1. The molecule has 0 aromatic heterocycles. The average Bonchev–Trinajstić information content (AvgIpc) is 3.25. The molecule has 2 amide bonds. The van der Waals surface area contributed by atoms with Gasteiger partial charge in [0, 0.05) is 11.1 Å². The summed E-state index contributed by atoms with van der Waals surface area (Å²) >= 11 is 6.17. The quantitative estimate of drug-likeness (QED) is 0.120. The molecule has 2 aromatic carbocycles. The zero-order valence-electron chi connectivity index (χ0n) is 27.2. The van der Waals surface area contributed by atoms with E-state index in [4.69, 9.17) is 28.3 Å². The standard InChI is InChI=1S/C34H47ClFN7O2/c1-32(2,3)16-15-27(21-7-9-22(10-8-21)30(44)39-20-28(41-37)42-38)43-31(45)29(23-11-12-26(36)25(35)19-23)40-34(43)17-13-24(14-18-34)33(4,5)6/h7-12,19,24,27H,13-18,20,37-38H2,1-6H3,(H,39,44)(H,41,42). The van der Waals surface area contributed by atoms with E-state index in [0.717, 1.165) is 37.7 Å². The SMILES string of the molecule is CC(C)(C)CCC(c1ccc(C(=O)NC/C(=N/N)NN)cc1)N1C(=O)C(c2ccc(F)c(Cl)c2)=NC12CCC(C(C)(C)C)CC2. The van der Waals surface area contributed by atoms with Crippen molar-refractivity contribution in [2.75, 3.05) is 6.54 Å². The molecule has 11 heteroatoms. The zero-order chi connectivity index (χ0) is 33.2. The predicted octanol–water partition coefficient (Wildman–Crippen LogP) is 6.08. The van der Waals surface area contributed by atoms with Crippen molar-refractivity contribution in [2.24, 2.45) is 38.5 Å². The van der Waals surface area contributed by atoms with Crippen LogP contribution in [0.15, 0.2) is 52.6 Å². The van der Waals surface area contributed by atoms with E-state index in [9.17, 15) is 14.0 Å². The van der Waals surface area contributed by atoms with Gasteiger partial charge in [-0.3, -0.25) is 14.6 Å². The summed E-state index contributed by atoms with van der Waals surface area (Å²) in [5, 5.41) is 6.18. The van der Waals surface area contributed by atoms with Crippen LogP contribution < -0.4 is 22.4 Å². The fourth-order valence-corrected chi connectivity index (χ4v) is 6.63. The van der Waals surface area contributed by atoms with E-state index >= 15 is 0 Å². The van der Waals surface area contributed by atoms with Crippen LogP contribution in [0.25, 0.3) is 0 Å². The Labute approximate surface area is 271 Å². The minimum absolute atomic E-state index is 0.0192. The van der Waals surface area contributed by atoms with Crippen LogP contribution in [0.2, 0.25) is 5.02 Å². The molecule has 1 spiro atoms. The highest BCUT2D eigenvalue weighted by atomic mass is 35.5. The van der Waals surface area contributed by atoms with Gasteiger partial charge in [-0.05, 0) is 91.2 Å². The highest BCUT2D eigenvalue weighted by Gasteiger charge is 2.52. The van der Waals surface area contributed by atoms with Gasteiger partial charge in [-0.1, -0.05) is 65.3 Å². The van der Waals surface area contributed by atoms with E-state index < -0.39 is 11.5 Å². The maximum absolute atomic E-state index is 14.5. The smallest absolute Gasteiger partial charge is 0.275 e. The fraction of sp³-hybridized carbons (Fsp3) is 0.529. The number of carbonyl (C=O) groups is 2. The van der Waals surface area contributed by atoms with Crippen molar-refractivity contribution in [3.05, 3.63) is 70.0 Å². The Hall–Kier alpha value is -3.50. The molecule has 0 bridgehead atoms. The summed E-state index contributed by atoms with van der Waals surface area (Å²) in [6.07, 6.45) is 4.89. The van der Waals surface area contributed by atoms with Crippen LogP contribution in [0.1, 0.15) is 108 Å². The third kappa shape index (κ3) is 7.84. The van der Waals surface area contributed by atoms with Crippen molar-refractivity contribution in [1.29, 1.82) is 0 Å². The van der Waals surface area contributed by atoms with Gasteiger partial charge in [-0.2, -0.15) is 5.10 Å². The van der Waals surface area contributed by atoms with Gasteiger partial charge in [-0.15, -0.1) is 0 Å². The molecule has 1 saturated carbocycles. The zero-order valence-corrected chi connectivity index (χ0v) is 28.0. The summed E-state index contributed by atoms with van der Waals surface area (Å²) in [6, 6.07) is 11.4. The second-order valence-electron chi connectivity index (χ2n) is 14.5. The monoisotopic (exact) mass is 639 g/mol. The van der Waals surface area contributed by atoms with Crippen molar-refractivity contribution in [1.82, 2.24) is 15.6 Å². The maximum Gasteiger partial charge on any atom is 0.275 e. The third-order valence-corrected chi connectivity index (χ3v) is 9.46. The molecule has 0 radical (unpaired) electrons. The number of hydrogen-bond donors (Lipinski definition) is 4. The van der Waals surface area contributed by atoms with Gasteiger partial charge in [0.05, 0.1) is 17.6 Å². The predicted molar refractivity (Wildman–Crippen MR) is 178 cm³/mol. The number of aliphatic imine (C=N–C) groups is 1. The number of hydrazone groups is 1. The van der Waals surface area contributed by atoms with Gasteiger partial charge in [0.2, 0.25) is 0 Å². The molecular formula is C34H47ClFN7O2. The number of amides is 2. The van der Waals surface area contributed by atoms with Crippen molar-refractivity contribution in [3.8, 4) is 0 Å². The van der Waals surface area contributed by atoms with Crippen LogP contribution in [-0.4, -0.2) is 40.5 Å². The lowest BCUT2D eigenvalue weighted by Crippen LogP contribution is -2.51. The molecule has 244 valence electrons. The van der Waals surface area contributed by atoms with Crippen molar-refractivity contribution in [2.45, 2.75) is 91.8 Å². The summed E-state index contributed by atoms with van der Waals surface area (Å²) in [5.74, 6) is 10.3. The second-order valence-corrected chi connectivity index (χ2v) is 14.9. The maximum atomic E-state index is 14.5.